The molecule has 4 rings (SSSR count). The smallest absolute Gasteiger partial charge is 0.222 e. The molecule has 2 fully saturated rings. The van der Waals surface area contributed by atoms with Gasteiger partial charge in [0.25, 0.3) is 0 Å². The number of amides is 1. The normalized spacial score (nSPS) is 19.8. The molecule has 172 valence electrons. The lowest BCUT2D eigenvalue weighted by molar-refractivity contribution is -0.133. The standard InChI is InChI=1S/C27H35FN2O2/c28-26-11-5-4-9-24(26)20-29-16-14-23(15-17-29)19-30(21-25-10-6-18-32-25)27(31)13-12-22-7-2-1-3-8-22/h1-5,7-9,11,23,25H,6,10,12-21H2. The summed E-state index contributed by atoms with van der Waals surface area (Å²) in [6.07, 6.45) is 5.72. The van der Waals surface area contributed by atoms with Crippen molar-refractivity contribution in [2.24, 2.45) is 5.92 Å². The molecule has 2 aromatic carbocycles. The lowest BCUT2D eigenvalue weighted by atomic mass is 9.95. The first-order valence-electron chi connectivity index (χ1n) is 12.1. The van der Waals surface area contributed by atoms with Gasteiger partial charge in [-0.1, -0.05) is 48.5 Å². The Bertz CT molecular complexity index is 846. The van der Waals surface area contributed by atoms with E-state index in [0.29, 0.717) is 25.4 Å². The van der Waals surface area contributed by atoms with Gasteiger partial charge < -0.3 is 9.64 Å². The molecule has 32 heavy (non-hydrogen) atoms. The minimum Gasteiger partial charge on any atom is -0.376 e. The van der Waals surface area contributed by atoms with Crippen LogP contribution < -0.4 is 0 Å². The molecular weight excluding hydrogens is 403 g/mol. The number of carbonyl (C=O) groups excluding carboxylic acids is 1. The highest BCUT2D eigenvalue weighted by Gasteiger charge is 2.27. The van der Waals surface area contributed by atoms with Crippen LogP contribution in [0.25, 0.3) is 0 Å². The Morgan fingerprint density at radius 3 is 2.47 bits per heavy atom. The van der Waals surface area contributed by atoms with E-state index in [1.54, 1.807) is 6.07 Å². The number of likely N-dealkylation sites (tertiary alicyclic amines) is 1. The molecule has 0 aromatic heterocycles. The Kier molecular flexibility index (Phi) is 8.30. The van der Waals surface area contributed by atoms with Crippen molar-refractivity contribution in [2.75, 3.05) is 32.8 Å². The number of carbonyl (C=O) groups is 1. The lowest BCUT2D eigenvalue weighted by Crippen LogP contribution is -2.43. The average Bonchev–Trinajstić information content (AvgIpc) is 3.34. The average molecular weight is 439 g/mol. The second-order valence-corrected chi connectivity index (χ2v) is 9.23. The summed E-state index contributed by atoms with van der Waals surface area (Å²) in [5.41, 5.74) is 1.97. The molecule has 2 aromatic rings. The first-order chi connectivity index (χ1) is 15.7. The number of hydrogen-bond donors (Lipinski definition) is 0. The zero-order valence-corrected chi connectivity index (χ0v) is 18.9. The summed E-state index contributed by atoms with van der Waals surface area (Å²) in [5, 5.41) is 0. The van der Waals surface area contributed by atoms with Gasteiger partial charge in [-0.15, -0.1) is 0 Å². The highest BCUT2D eigenvalue weighted by molar-refractivity contribution is 5.76. The van der Waals surface area contributed by atoms with Crippen molar-refractivity contribution < 1.29 is 13.9 Å². The van der Waals surface area contributed by atoms with Crippen molar-refractivity contribution in [1.29, 1.82) is 0 Å². The van der Waals surface area contributed by atoms with Gasteiger partial charge in [-0.2, -0.15) is 0 Å². The number of hydrogen-bond acceptors (Lipinski definition) is 3. The molecule has 0 aliphatic carbocycles. The van der Waals surface area contributed by atoms with Gasteiger partial charge in [0.05, 0.1) is 6.10 Å². The van der Waals surface area contributed by atoms with Crippen LogP contribution >= 0.6 is 0 Å². The van der Waals surface area contributed by atoms with Gasteiger partial charge in [0, 0.05) is 38.2 Å². The molecule has 1 atom stereocenters. The molecule has 0 spiro atoms. The maximum absolute atomic E-state index is 14.0. The predicted molar refractivity (Wildman–Crippen MR) is 125 cm³/mol. The van der Waals surface area contributed by atoms with Crippen molar-refractivity contribution in [3.63, 3.8) is 0 Å². The van der Waals surface area contributed by atoms with Crippen LogP contribution in [0, 0.1) is 11.7 Å². The van der Waals surface area contributed by atoms with E-state index in [-0.39, 0.29) is 17.8 Å². The summed E-state index contributed by atoms with van der Waals surface area (Å²) in [4.78, 5) is 17.5. The molecule has 2 aliphatic rings. The number of piperidine rings is 1. The number of aryl methyl sites for hydroxylation is 1. The molecule has 0 saturated carbocycles. The highest BCUT2D eigenvalue weighted by atomic mass is 19.1. The highest BCUT2D eigenvalue weighted by Crippen LogP contribution is 2.23. The van der Waals surface area contributed by atoms with Crippen LogP contribution in [0.2, 0.25) is 0 Å². The minimum atomic E-state index is -0.124. The van der Waals surface area contributed by atoms with Gasteiger partial charge in [-0.3, -0.25) is 9.69 Å². The molecule has 2 aliphatic heterocycles. The topological polar surface area (TPSA) is 32.8 Å². The van der Waals surface area contributed by atoms with Crippen LogP contribution in [0.1, 0.15) is 43.2 Å². The van der Waals surface area contributed by atoms with E-state index in [1.807, 2.05) is 30.3 Å². The maximum atomic E-state index is 14.0. The molecule has 1 amide bonds. The SMILES string of the molecule is O=C(CCc1ccccc1)N(CC1CCN(Cc2ccccc2F)CC1)CC1CCCO1. The van der Waals surface area contributed by atoms with Gasteiger partial charge in [-0.25, -0.2) is 4.39 Å². The van der Waals surface area contributed by atoms with Crippen molar-refractivity contribution >= 4 is 5.91 Å². The Labute approximate surface area is 191 Å². The molecular formula is C27H35FN2O2. The summed E-state index contributed by atoms with van der Waals surface area (Å²) < 4.78 is 19.8. The molecule has 2 saturated heterocycles. The van der Waals surface area contributed by atoms with Crippen LogP contribution in [0.5, 0.6) is 0 Å². The van der Waals surface area contributed by atoms with Crippen molar-refractivity contribution in [2.45, 2.75) is 51.2 Å². The zero-order chi connectivity index (χ0) is 22.2. The van der Waals surface area contributed by atoms with Crippen LogP contribution in [-0.2, 0) is 22.5 Å². The minimum absolute atomic E-state index is 0.124. The number of rotatable bonds is 9. The zero-order valence-electron chi connectivity index (χ0n) is 18.9. The van der Waals surface area contributed by atoms with E-state index >= 15 is 0 Å². The Hall–Kier alpha value is -2.24. The summed E-state index contributed by atoms with van der Waals surface area (Å²) in [6.45, 7) is 4.89. The number of ether oxygens (including phenoxy) is 1. The van der Waals surface area contributed by atoms with E-state index in [1.165, 1.54) is 11.6 Å². The predicted octanol–water partition coefficient (Wildman–Crippen LogP) is 4.68. The monoisotopic (exact) mass is 438 g/mol. The van der Waals surface area contributed by atoms with E-state index in [9.17, 15) is 9.18 Å². The third kappa shape index (κ3) is 6.63. The van der Waals surface area contributed by atoms with Gasteiger partial charge in [0.1, 0.15) is 5.82 Å². The quantitative estimate of drug-likeness (QED) is 0.570. The fourth-order valence-electron chi connectivity index (χ4n) is 4.87. The largest absolute Gasteiger partial charge is 0.376 e. The molecule has 0 N–H and O–H groups in total. The maximum Gasteiger partial charge on any atom is 0.222 e. The Morgan fingerprint density at radius 1 is 1.00 bits per heavy atom. The lowest BCUT2D eigenvalue weighted by Gasteiger charge is -2.35. The van der Waals surface area contributed by atoms with E-state index in [2.05, 4.69) is 21.9 Å². The second-order valence-electron chi connectivity index (χ2n) is 9.23. The fraction of sp³-hybridized carbons (Fsp3) is 0.519. The molecule has 0 radical (unpaired) electrons. The van der Waals surface area contributed by atoms with Gasteiger partial charge in [-0.05, 0) is 62.7 Å². The molecule has 1 unspecified atom stereocenters. The van der Waals surface area contributed by atoms with Crippen molar-refractivity contribution in [3.8, 4) is 0 Å². The van der Waals surface area contributed by atoms with E-state index < -0.39 is 0 Å². The van der Waals surface area contributed by atoms with E-state index in [4.69, 9.17) is 4.74 Å². The van der Waals surface area contributed by atoms with Gasteiger partial charge >= 0.3 is 0 Å². The third-order valence-corrected chi connectivity index (χ3v) is 6.81. The van der Waals surface area contributed by atoms with Crippen LogP contribution in [0.15, 0.2) is 54.6 Å². The molecule has 4 nitrogen and oxygen atoms in total. The Balaban J connectivity index is 1.29. The van der Waals surface area contributed by atoms with Crippen molar-refractivity contribution in [1.82, 2.24) is 9.80 Å². The van der Waals surface area contributed by atoms with Crippen molar-refractivity contribution in [3.05, 3.63) is 71.5 Å². The van der Waals surface area contributed by atoms with Crippen LogP contribution in [0.3, 0.4) is 0 Å². The molecule has 0 bridgehead atoms. The summed E-state index contributed by atoms with van der Waals surface area (Å²) in [7, 11) is 0. The number of halogens is 1. The molecule has 5 heteroatoms. The summed E-state index contributed by atoms with van der Waals surface area (Å²) in [6, 6.07) is 17.3. The van der Waals surface area contributed by atoms with Gasteiger partial charge in [0.15, 0.2) is 0 Å². The van der Waals surface area contributed by atoms with Crippen LogP contribution in [0.4, 0.5) is 4.39 Å². The second kappa shape index (κ2) is 11.6. The molecule has 2 heterocycles. The third-order valence-electron chi connectivity index (χ3n) is 6.81. The number of nitrogens with zero attached hydrogens (tertiary/aromatic N) is 2. The van der Waals surface area contributed by atoms with E-state index in [0.717, 1.165) is 63.9 Å². The van der Waals surface area contributed by atoms with Gasteiger partial charge in [0.2, 0.25) is 5.91 Å². The first kappa shape index (κ1) is 22.9. The summed E-state index contributed by atoms with van der Waals surface area (Å²) in [5.74, 6) is 0.605. The Morgan fingerprint density at radius 2 is 1.75 bits per heavy atom. The van der Waals surface area contributed by atoms with Crippen LogP contribution in [-0.4, -0.2) is 54.6 Å². The number of benzene rings is 2. The first-order valence-corrected chi connectivity index (χ1v) is 12.1. The fourth-order valence-corrected chi connectivity index (χ4v) is 4.87. The summed E-state index contributed by atoms with van der Waals surface area (Å²) >= 11 is 0.